The van der Waals surface area contributed by atoms with Crippen LogP contribution in [0, 0.1) is 5.82 Å². The van der Waals surface area contributed by atoms with Crippen LogP contribution in [-0.2, 0) is 10.3 Å². The van der Waals surface area contributed by atoms with E-state index in [4.69, 9.17) is 16.3 Å². The van der Waals surface area contributed by atoms with Gasteiger partial charge in [-0.1, -0.05) is 36.9 Å². The average Bonchev–Trinajstić information content (AvgIpc) is 3.05. The Kier molecular flexibility index (Phi) is 6.02. The lowest BCUT2D eigenvalue weighted by Gasteiger charge is -2.41. The Morgan fingerprint density at radius 2 is 2.00 bits per heavy atom. The lowest BCUT2D eigenvalue weighted by Crippen LogP contribution is -2.50. The average molecular weight is 397 g/mol. The van der Waals surface area contributed by atoms with Gasteiger partial charge >= 0.3 is 6.09 Å². The van der Waals surface area contributed by atoms with Crippen molar-refractivity contribution in [1.82, 2.24) is 10.2 Å². The van der Waals surface area contributed by atoms with Crippen LogP contribution < -0.4 is 5.32 Å². The Bertz CT molecular complexity index is 683. The van der Waals surface area contributed by atoms with Gasteiger partial charge in [0.15, 0.2) is 0 Å². The molecule has 0 radical (unpaired) electrons. The number of nitrogens with one attached hydrogen (secondary N) is 1. The minimum absolute atomic E-state index is 0.168. The number of nitrogens with zero attached hydrogens (tertiary/aromatic N) is 1. The van der Waals surface area contributed by atoms with Crippen LogP contribution in [0.1, 0.15) is 64.9 Å². The van der Waals surface area contributed by atoms with Crippen molar-refractivity contribution in [2.45, 2.75) is 76.5 Å². The molecular formula is C21H30ClFN2O2. The van der Waals surface area contributed by atoms with Crippen molar-refractivity contribution in [3.8, 4) is 0 Å². The van der Waals surface area contributed by atoms with E-state index >= 15 is 0 Å². The lowest BCUT2D eigenvalue weighted by molar-refractivity contribution is 0.0287. The SMILES string of the molecule is CC(C)(C)OC(=O)N1CCC(NC2(c3ccc(F)c(Cl)c3)CCCCC2)C1. The van der Waals surface area contributed by atoms with Crippen molar-refractivity contribution < 1.29 is 13.9 Å². The number of ether oxygens (including phenoxy) is 1. The first-order valence-electron chi connectivity index (χ1n) is 9.90. The van der Waals surface area contributed by atoms with E-state index in [1.807, 2.05) is 26.8 Å². The molecule has 1 aromatic carbocycles. The summed E-state index contributed by atoms with van der Waals surface area (Å²) in [6.45, 7) is 6.96. The van der Waals surface area contributed by atoms with Crippen molar-refractivity contribution in [3.63, 3.8) is 0 Å². The molecule has 1 unspecified atom stereocenters. The van der Waals surface area contributed by atoms with Crippen molar-refractivity contribution in [3.05, 3.63) is 34.6 Å². The molecule has 6 heteroatoms. The van der Waals surface area contributed by atoms with Crippen LogP contribution in [0.25, 0.3) is 0 Å². The summed E-state index contributed by atoms with van der Waals surface area (Å²) in [7, 11) is 0. The number of halogens is 2. The van der Waals surface area contributed by atoms with Crippen LogP contribution in [0.15, 0.2) is 18.2 Å². The zero-order chi connectivity index (χ0) is 19.7. The van der Waals surface area contributed by atoms with E-state index in [9.17, 15) is 9.18 Å². The maximum absolute atomic E-state index is 13.7. The third-order valence-corrected chi connectivity index (χ3v) is 5.79. The molecule has 0 spiro atoms. The molecule has 4 nitrogen and oxygen atoms in total. The Balaban J connectivity index is 1.72. The summed E-state index contributed by atoms with van der Waals surface area (Å²) in [6, 6.07) is 5.26. The number of rotatable bonds is 3. The lowest BCUT2D eigenvalue weighted by atomic mass is 9.76. The molecule has 1 saturated heterocycles. The fourth-order valence-corrected chi connectivity index (χ4v) is 4.41. The molecule has 1 aromatic rings. The number of benzene rings is 1. The van der Waals surface area contributed by atoms with Crippen LogP contribution in [0.5, 0.6) is 0 Å². The molecule has 1 N–H and O–H groups in total. The Morgan fingerprint density at radius 3 is 2.63 bits per heavy atom. The second-order valence-electron chi connectivity index (χ2n) is 8.83. The summed E-state index contributed by atoms with van der Waals surface area (Å²) in [5.41, 5.74) is 0.353. The first kappa shape index (κ1) is 20.4. The highest BCUT2D eigenvalue weighted by molar-refractivity contribution is 6.30. The molecule has 3 rings (SSSR count). The van der Waals surface area contributed by atoms with Gasteiger partial charge in [0.2, 0.25) is 0 Å². The molecule has 1 heterocycles. The van der Waals surface area contributed by atoms with E-state index in [-0.39, 0.29) is 28.5 Å². The second-order valence-corrected chi connectivity index (χ2v) is 9.24. The highest BCUT2D eigenvalue weighted by Gasteiger charge is 2.39. The minimum atomic E-state index is -0.488. The molecule has 1 amide bonds. The van der Waals surface area contributed by atoms with Gasteiger partial charge in [-0.05, 0) is 57.7 Å². The Labute approximate surface area is 166 Å². The molecule has 1 aliphatic heterocycles. The zero-order valence-electron chi connectivity index (χ0n) is 16.5. The molecule has 0 aromatic heterocycles. The first-order chi connectivity index (χ1) is 12.7. The molecule has 2 fully saturated rings. The maximum atomic E-state index is 13.7. The van der Waals surface area contributed by atoms with Gasteiger partial charge in [-0.15, -0.1) is 0 Å². The van der Waals surface area contributed by atoms with E-state index in [2.05, 4.69) is 5.32 Å². The fourth-order valence-electron chi connectivity index (χ4n) is 4.23. The zero-order valence-corrected chi connectivity index (χ0v) is 17.2. The van der Waals surface area contributed by atoms with Crippen LogP contribution in [0.2, 0.25) is 5.02 Å². The highest BCUT2D eigenvalue weighted by Crippen LogP contribution is 2.39. The van der Waals surface area contributed by atoms with Gasteiger partial charge in [-0.25, -0.2) is 9.18 Å². The Hall–Kier alpha value is -1.33. The summed E-state index contributed by atoms with van der Waals surface area (Å²) < 4.78 is 19.2. The van der Waals surface area contributed by atoms with Gasteiger partial charge in [0.05, 0.1) is 5.02 Å². The molecular weight excluding hydrogens is 367 g/mol. The predicted octanol–water partition coefficient (Wildman–Crippen LogP) is 5.24. The van der Waals surface area contributed by atoms with Crippen molar-refractivity contribution >= 4 is 17.7 Å². The normalized spacial score (nSPS) is 22.7. The predicted molar refractivity (Wildman–Crippen MR) is 106 cm³/mol. The monoisotopic (exact) mass is 396 g/mol. The van der Waals surface area contributed by atoms with E-state index < -0.39 is 5.60 Å². The van der Waals surface area contributed by atoms with Crippen LogP contribution >= 0.6 is 11.6 Å². The summed E-state index contributed by atoms with van der Waals surface area (Å²) in [4.78, 5) is 14.1. The number of carbonyl (C=O) groups is 1. The van der Waals surface area contributed by atoms with Gasteiger partial charge in [0, 0.05) is 24.7 Å². The van der Waals surface area contributed by atoms with E-state index in [0.717, 1.165) is 37.7 Å². The van der Waals surface area contributed by atoms with E-state index in [1.54, 1.807) is 11.0 Å². The number of carbonyl (C=O) groups excluding carboxylic acids is 1. The quantitative estimate of drug-likeness (QED) is 0.759. The van der Waals surface area contributed by atoms with Gasteiger partial charge < -0.3 is 15.0 Å². The second kappa shape index (κ2) is 7.96. The minimum Gasteiger partial charge on any atom is -0.444 e. The van der Waals surface area contributed by atoms with Crippen LogP contribution in [0.3, 0.4) is 0 Å². The number of amides is 1. The smallest absolute Gasteiger partial charge is 0.410 e. The molecule has 1 atom stereocenters. The van der Waals surface area contributed by atoms with Crippen LogP contribution in [-0.4, -0.2) is 35.7 Å². The number of hydrogen-bond donors (Lipinski definition) is 1. The van der Waals surface area contributed by atoms with Gasteiger partial charge in [-0.2, -0.15) is 0 Å². The van der Waals surface area contributed by atoms with Gasteiger partial charge in [0.1, 0.15) is 11.4 Å². The van der Waals surface area contributed by atoms with Crippen molar-refractivity contribution in [1.29, 1.82) is 0 Å². The van der Waals surface area contributed by atoms with E-state index in [1.165, 1.54) is 12.5 Å². The largest absolute Gasteiger partial charge is 0.444 e. The van der Waals surface area contributed by atoms with Crippen LogP contribution in [0.4, 0.5) is 9.18 Å². The van der Waals surface area contributed by atoms with Gasteiger partial charge in [-0.3, -0.25) is 0 Å². The number of hydrogen-bond acceptors (Lipinski definition) is 3. The maximum Gasteiger partial charge on any atom is 0.410 e. The first-order valence-corrected chi connectivity index (χ1v) is 10.3. The van der Waals surface area contributed by atoms with Gasteiger partial charge in [0.25, 0.3) is 0 Å². The van der Waals surface area contributed by atoms with Crippen molar-refractivity contribution in [2.24, 2.45) is 0 Å². The highest BCUT2D eigenvalue weighted by atomic mass is 35.5. The molecule has 0 bridgehead atoms. The fraction of sp³-hybridized carbons (Fsp3) is 0.667. The topological polar surface area (TPSA) is 41.6 Å². The summed E-state index contributed by atoms with van der Waals surface area (Å²) in [5.74, 6) is -0.386. The van der Waals surface area contributed by atoms with Crippen molar-refractivity contribution in [2.75, 3.05) is 13.1 Å². The third kappa shape index (κ3) is 4.94. The Morgan fingerprint density at radius 1 is 1.30 bits per heavy atom. The molecule has 27 heavy (non-hydrogen) atoms. The summed E-state index contributed by atoms with van der Waals surface area (Å²) in [6.07, 6.45) is 6.10. The number of likely N-dealkylation sites (tertiary alicyclic amines) is 1. The molecule has 1 aliphatic carbocycles. The van der Waals surface area contributed by atoms with E-state index in [0.29, 0.717) is 13.1 Å². The third-order valence-electron chi connectivity index (χ3n) is 5.50. The standard InChI is InChI=1S/C21H30ClFN2O2/c1-20(2,3)27-19(26)25-12-9-16(14-25)24-21(10-5-4-6-11-21)15-7-8-18(23)17(22)13-15/h7-8,13,16,24H,4-6,9-12,14H2,1-3H3. The molecule has 1 saturated carbocycles. The molecule has 2 aliphatic rings. The summed E-state index contributed by atoms with van der Waals surface area (Å²) in [5, 5.41) is 3.98. The molecule has 150 valence electrons. The summed E-state index contributed by atoms with van der Waals surface area (Å²) >= 11 is 6.07.